The zero-order valence-corrected chi connectivity index (χ0v) is 11.6. The van der Waals surface area contributed by atoms with Gasteiger partial charge in [0.05, 0.1) is 12.7 Å². The monoisotopic (exact) mass is 285 g/mol. The first kappa shape index (κ1) is 13.7. The average molecular weight is 286 g/mol. The van der Waals surface area contributed by atoms with Crippen molar-refractivity contribution in [2.45, 2.75) is 32.5 Å². The third-order valence-electron chi connectivity index (χ3n) is 2.46. The highest BCUT2D eigenvalue weighted by molar-refractivity contribution is 9.10. The summed E-state index contributed by atoms with van der Waals surface area (Å²) in [6.07, 6.45) is 2.60. The van der Waals surface area contributed by atoms with Crippen LogP contribution in [0.4, 0.5) is 0 Å². The molecule has 1 atom stereocenters. The molecule has 0 amide bonds. The fourth-order valence-electron chi connectivity index (χ4n) is 1.51. The molecule has 16 heavy (non-hydrogen) atoms. The number of hydrogen-bond donors (Lipinski definition) is 1. The SMILES string of the molecule is CNCCCC(C)OCc1cccc(Br)c1. The summed E-state index contributed by atoms with van der Waals surface area (Å²) in [5, 5.41) is 3.14. The van der Waals surface area contributed by atoms with Crippen molar-refractivity contribution in [3.8, 4) is 0 Å². The number of benzene rings is 1. The Morgan fingerprint density at radius 2 is 2.25 bits per heavy atom. The molecule has 1 unspecified atom stereocenters. The van der Waals surface area contributed by atoms with Gasteiger partial charge < -0.3 is 10.1 Å². The van der Waals surface area contributed by atoms with Crippen LogP contribution in [-0.2, 0) is 11.3 Å². The lowest BCUT2D eigenvalue weighted by Gasteiger charge is -2.13. The minimum Gasteiger partial charge on any atom is -0.374 e. The average Bonchev–Trinajstić information content (AvgIpc) is 2.27. The van der Waals surface area contributed by atoms with E-state index in [4.69, 9.17) is 4.74 Å². The zero-order chi connectivity index (χ0) is 11.8. The van der Waals surface area contributed by atoms with Crippen LogP contribution in [0.3, 0.4) is 0 Å². The Morgan fingerprint density at radius 3 is 2.94 bits per heavy atom. The molecule has 1 aromatic carbocycles. The number of hydrogen-bond acceptors (Lipinski definition) is 2. The molecular weight excluding hydrogens is 266 g/mol. The molecule has 0 saturated carbocycles. The van der Waals surface area contributed by atoms with Crippen LogP contribution in [0.15, 0.2) is 28.7 Å². The van der Waals surface area contributed by atoms with E-state index in [1.165, 1.54) is 5.56 Å². The van der Waals surface area contributed by atoms with E-state index in [1.807, 2.05) is 19.2 Å². The van der Waals surface area contributed by atoms with E-state index in [9.17, 15) is 0 Å². The molecule has 90 valence electrons. The summed E-state index contributed by atoms with van der Waals surface area (Å²) in [5.41, 5.74) is 1.22. The van der Waals surface area contributed by atoms with Gasteiger partial charge in [-0.15, -0.1) is 0 Å². The molecule has 0 saturated heterocycles. The van der Waals surface area contributed by atoms with E-state index in [0.717, 1.165) is 23.9 Å². The Labute approximate surface area is 107 Å². The van der Waals surface area contributed by atoms with Gasteiger partial charge in [0.25, 0.3) is 0 Å². The van der Waals surface area contributed by atoms with Crippen molar-refractivity contribution in [3.63, 3.8) is 0 Å². The maximum Gasteiger partial charge on any atom is 0.0720 e. The fourth-order valence-corrected chi connectivity index (χ4v) is 1.96. The van der Waals surface area contributed by atoms with Crippen LogP contribution in [0.25, 0.3) is 0 Å². The van der Waals surface area contributed by atoms with Crippen molar-refractivity contribution in [2.24, 2.45) is 0 Å². The van der Waals surface area contributed by atoms with Crippen LogP contribution in [0.1, 0.15) is 25.3 Å². The number of rotatable bonds is 7. The molecule has 0 bridgehead atoms. The van der Waals surface area contributed by atoms with E-state index in [2.05, 4.69) is 40.3 Å². The first-order chi connectivity index (χ1) is 7.72. The second-order valence-electron chi connectivity index (χ2n) is 4.00. The number of nitrogens with one attached hydrogen (secondary N) is 1. The second kappa shape index (κ2) is 7.82. The second-order valence-corrected chi connectivity index (χ2v) is 4.91. The lowest BCUT2D eigenvalue weighted by atomic mass is 10.2. The normalized spacial score (nSPS) is 12.7. The van der Waals surface area contributed by atoms with E-state index in [1.54, 1.807) is 0 Å². The topological polar surface area (TPSA) is 21.3 Å². The molecule has 2 nitrogen and oxygen atoms in total. The molecule has 1 rings (SSSR count). The summed E-state index contributed by atoms with van der Waals surface area (Å²) in [4.78, 5) is 0. The highest BCUT2D eigenvalue weighted by atomic mass is 79.9. The molecule has 0 aliphatic carbocycles. The summed E-state index contributed by atoms with van der Waals surface area (Å²) in [7, 11) is 1.98. The van der Waals surface area contributed by atoms with Gasteiger partial charge >= 0.3 is 0 Å². The summed E-state index contributed by atoms with van der Waals surface area (Å²) in [5.74, 6) is 0. The predicted octanol–water partition coefficient (Wildman–Crippen LogP) is 3.35. The summed E-state index contributed by atoms with van der Waals surface area (Å²) in [6, 6.07) is 8.25. The molecule has 0 aromatic heterocycles. The fraction of sp³-hybridized carbons (Fsp3) is 0.538. The maximum atomic E-state index is 5.78. The molecule has 0 radical (unpaired) electrons. The molecule has 0 heterocycles. The van der Waals surface area contributed by atoms with E-state index in [0.29, 0.717) is 12.7 Å². The predicted molar refractivity (Wildman–Crippen MR) is 71.6 cm³/mol. The van der Waals surface area contributed by atoms with Crippen LogP contribution in [0.2, 0.25) is 0 Å². The lowest BCUT2D eigenvalue weighted by Crippen LogP contribution is -2.13. The molecule has 0 aliphatic rings. The van der Waals surface area contributed by atoms with Crippen molar-refractivity contribution in [3.05, 3.63) is 34.3 Å². The number of ether oxygens (including phenoxy) is 1. The highest BCUT2D eigenvalue weighted by Gasteiger charge is 2.02. The van der Waals surface area contributed by atoms with Gasteiger partial charge in [-0.25, -0.2) is 0 Å². The molecule has 0 fully saturated rings. The Morgan fingerprint density at radius 1 is 1.44 bits per heavy atom. The van der Waals surface area contributed by atoms with Gasteiger partial charge in [-0.05, 0) is 51.1 Å². The van der Waals surface area contributed by atoms with Gasteiger partial charge in [-0.2, -0.15) is 0 Å². The molecule has 1 aromatic rings. The van der Waals surface area contributed by atoms with Gasteiger partial charge in [0.15, 0.2) is 0 Å². The maximum absolute atomic E-state index is 5.78. The van der Waals surface area contributed by atoms with Crippen molar-refractivity contribution in [1.29, 1.82) is 0 Å². The standard InChI is InChI=1S/C13H20BrNO/c1-11(5-4-8-15-2)16-10-12-6-3-7-13(14)9-12/h3,6-7,9,11,15H,4-5,8,10H2,1-2H3. The summed E-state index contributed by atoms with van der Waals surface area (Å²) < 4.78 is 6.89. The number of halogens is 1. The Hall–Kier alpha value is -0.380. The molecule has 0 aliphatic heterocycles. The van der Waals surface area contributed by atoms with Crippen molar-refractivity contribution in [2.75, 3.05) is 13.6 Å². The summed E-state index contributed by atoms with van der Waals surface area (Å²) in [6.45, 7) is 3.89. The summed E-state index contributed by atoms with van der Waals surface area (Å²) >= 11 is 3.46. The van der Waals surface area contributed by atoms with E-state index in [-0.39, 0.29) is 0 Å². The van der Waals surface area contributed by atoms with Gasteiger partial charge in [0.1, 0.15) is 0 Å². The minimum atomic E-state index is 0.326. The smallest absolute Gasteiger partial charge is 0.0720 e. The quantitative estimate of drug-likeness (QED) is 0.776. The van der Waals surface area contributed by atoms with Crippen LogP contribution < -0.4 is 5.32 Å². The Balaban J connectivity index is 2.23. The van der Waals surface area contributed by atoms with Crippen LogP contribution >= 0.6 is 15.9 Å². The molecule has 0 spiro atoms. The van der Waals surface area contributed by atoms with Gasteiger partial charge in [0.2, 0.25) is 0 Å². The first-order valence-electron chi connectivity index (χ1n) is 5.73. The highest BCUT2D eigenvalue weighted by Crippen LogP contribution is 2.13. The first-order valence-corrected chi connectivity index (χ1v) is 6.52. The minimum absolute atomic E-state index is 0.326. The largest absolute Gasteiger partial charge is 0.374 e. The van der Waals surface area contributed by atoms with Crippen LogP contribution in [0, 0.1) is 0 Å². The van der Waals surface area contributed by atoms with Crippen molar-refractivity contribution in [1.82, 2.24) is 5.32 Å². The van der Waals surface area contributed by atoms with Gasteiger partial charge in [-0.3, -0.25) is 0 Å². The molecule has 3 heteroatoms. The Bertz CT molecular complexity index is 304. The molecular formula is C13H20BrNO. The van der Waals surface area contributed by atoms with Crippen molar-refractivity contribution < 1.29 is 4.74 Å². The van der Waals surface area contributed by atoms with Crippen molar-refractivity contribution >= 4 is 15.9 Å². The lowest BCUT2D eigenvalue weighted by molar-refractivity contribution is 0.0464. The molecule has 1 N–H and O–H groups in total. The Kier molecular flexibility index (Phi) is 6.69. The third-order valence-corrected chi connectivity index (χ3v) is 2.95. The third kappa shape index (κ3) is 5.64. The van der Waals surface area contributed by atoms with Gasteiger partial charge in [0, 0.05) is 4.47 Å². The van der Waals surface area contributed by atoms with Gasteiger partial charge in [-0.1, -0.05) is 28.1 Å². The van der Waals surface area contributed by atoms with E-state index >= 15 is 0 Å². The van der Waals surface area contributed by atoms with Crippen LogP contribution in [0.5, 0.6) is 0 Å². The zero-order valence-electron chi connectivity index (χ0n) is 10.0. The van der Waals surface area contributed by atoms with Crippen LogP contribution in [-0.4, -0.2) is 19.7 Å². The van der Waals surface area contributed by atoms with E-state index < -0.39 is 0 Å².